The summed E-state index contributed by atoms with van der Waals surface area (Å²) in [6.07, 6.45) is 6.06. The molecule has 4 aromatic rings. The molecule has 0 saturated carbocycles. The highest BCUT2D eigenvalue weighted by Crippen LogP contribution is 2.27. The summed E-state index contributed by atoms with van der Waals surface area (Å²) in [4.78, 5) is 5.45. The fourth-order valence-electron chi connectivity index (χ4n) is 4.61. The van der Waals surface area contributed by atoms with Gasteiger partial charge in [0, 0.05) is 41.3 Å². The van der Waals surface area contributed by atoms with E-state index in [0.29, 0.717) is 0 Å². The summed E-state index contributed by atoms with van der Waals surface area (Å²) >= 11 is 0. The minimum atomic E-state index is 0.166. The zero-order valence-corrected chi connectivity index (χ0v) is 19.3. The van der Waals surface area contributed by atoms with Crippen LogP contribution < -0.4 is 10.4 Å². The summed E-state index contributed by atoms with van der Waals surface area (Å²) in [5.74, 6) is 0.166. The van der Waals surface area contributed by atoms with Gasteiger partial charge in [0.25, 0.3) is 0 Å². The number of morpholine rings is 1. The van der Waals surface area contributed by atoms with Crippen LogP contribution in [0.3, 0.4) is 0 Å². The van der Waals surface area contributed by atoms with Gasteiger partial charge in [-0.25, -0.2) is 0 Å². The van der Waals surface area contributed by atoms with E-state index < -0.39 is 0 Å². The number of ether oxygens (including phenoxy) is 1. The number of H-pyrrole nitrogens is 1. The quantitative estimate of drug-likeness (QED) is 0.460. The first-order valence-corrected chi connectivity index (χ1v) is 11.9. The van der Waals surface area contributed by atoms with E-state index in [2.05, 4.69) is 50.5 Å². The number of aromatic hydroxyl groups is 1. The van der Waals surface area contributed by atoms with Crippen LogP contribution in [0.15, 0.2) is 83.0 Å². The summed E-state index contributed by atoms with van der Waals surface area (Å²) in [5, 5.41) is 22.1. The Bertz CT molecular complexity index is 1560. The van der Waals surface area contributed by atoms with Crippen LogP contribution in [0.1, 0.15) is 16.7 Å². The molecule has 35 heavy (non-hydrogen) atoms. The van der Waals surface area contributed by atoms with Crippen LogP contribution in [0.4, 0.5) is 5.69 Å². The highest BCUT2D eigenvalue weighted by molar-refractivity contribution is 5.91. The topological polar surface area (TPSA) is 73.2 Å². The molecule has 1 aromatic heterocycles. The van der Waals surface area contributed by atoms with E-state index in [9.17, 15) is 5.11 Å². The van der Waals surface area contributed by atoms with E-state index in [0.717, 1.165) is 76.7 Å². The Morgan fingerprint density at radius 2 is 1.77 bits per heavy atom. The number of benzene rings is 3. The molecule has 6 nitrogen and oxygen atoms in total. The SMILES string of the molecule is Oc1[nH]c2ccccc2c1C=c1ccc2c(c1)N=NC=2C=Cc1ccc(CN2CCOCC2)cc1. The second-order valence-corrected chi connectivity index (χ2v) is 8.90. The van der Waals surface area contributed by atoms with Gasteiger partial charge in [0.05, 0.1) is 24.6 Å². The van der Waals surface area contributed by atoms with Crippen molar-refractivity contribution in [3.05, 3.63) is 99.9 Å². The van der Waals surface area contributed by atoms with Gasteiger partial charge in [0.1, 0.15) is 0 Å². The van der Waals surface area contributed by atoms with E-state index in [4.69, 9.17) is 4.74 Å². The largest absolute Gasteiger partial charge is 0.494 e. The normalized spacial score (nSPS) is 16.6. The van der Waals surface area contributed by atoms with Crippen LogP contribution in [0.25, 0.3) is 28.8 Å². The number of aromatic nitrogens is 1. The number of hydrogen-bond acceptors (Lipinski definition) is 5. The lowest BCUT2D eigenvalue weighted by atomic mass is 10.1. The molecule has 2 N–H and O–H groups in total. The minimum Gasteiger partial charge on any atom is -0.494 e. The van der Waals surface area contributed by atoms with Gasteiger partial charge in [-0.05, 0) is 46.7 Å². The Morgan fingerprint density at radius 1 is 0.943 bits per heavy atom. The highest BCUT2D eigenvalue weighted by atomic mass is 16.5. The number of aromatic amines is 1. The average molecular weight is 463 g/mol. The highest BCUT2D eigenvalue weighted by Gasteiger charge is 2.11. The van der Waals surface area contributed by atoms with Gasteiger partial charge in [-0.2, -0.15) is 0 Å². The summed E-state index contributed by atoms with van der Waals surface area (Å²) in [6, 6.07) is 22.6. The van der Waals surface area contributed by atoms with Gasteiger partial charge >= 0.3 is 0 Å². The molecule has 0 atom stereocenters. The summed E-state index contributed by atoms with van der Waals surface area (Å²) in [6.45, 7) is 4.59. The maximum atomic E-state index is 10.4. The number of rotatable bonds is 5. The molecule has 1 saturated heterocycles. The number of para-hydroxylation sites is 1. The predicted octanol–water partition coefficient (Wildman–Crippen LogP) is 4.45. The van der Waals surface area contributed by atoms with Crippen molar-refractivity contribution in [2.24, 2.45) is 10.2 Å². The zero-order valence-electron chi connectivity index (χ0n) is 19.3. The van der Waals surface area contributed by atoms with Crippen molar-refractivity contribution in [1.82, 2.24) is 9.88 Å². The van der Waals surface area contributed by atoms with Crippen LogP contribution in [-0.2, 0) is 11.3 Å². The first-order valence-electron chi connectivity index (χ1n) is 11.9. The minimum absolute atomic E-state index is 0.166. The molecule has 1 fully saturated rings. The fourth-order valence-corrected chi connectivity index (χ4v) is 4.61. The molecule has 2 aliphatic rings. The molecule has 0 radical (unpaired) electrons. The smallest absolute Gasteiger partial charge is 0.196 e. The molecule has 3 aromatic carbocycles. The maximum absolute atomic E-state index is 10.4. The van der Waals surface area contributed by atoms with Gasteiger partial charge in [0.15, 0.2) is 5.88 Å². The lowest BCUT2D eigenvalue weighted by Crippen LogP contribution is -2.35. The molecule has 0 unspecified atom stereocenters. The molecule has 174 valence electrons. The Morgan fingerprint density at radius 3 is 2.63 bits per heavy atom. The summed E-state index contributed by atoms with van der Waals surface area (Å²) in [7, 11) is 0. The maximum Gasteiger partial charge on any atom is 0.196 e. The molecule has 0 bridgehead atoms. The third-order valence-electron chi connectivity index (χ3n) is 6.52. The molecule has 0 amide bonds. The molecule has 0 aliphatic carbocycles. The van der Waals surface area contributed by atoms with Gasteiger partial charge < -0.3 is 14.8 Å². The number of azo groups is 1. The number of nitrogens with zero attached hydrogens (tertiary/aromatic N) is 3. The summed E-state index contributed by atoms with van der Waals surface area (Å²) in [5.41, 5.74) is 5.81. The molecule has 0 spiro atoms. The lowest BCUT2D eigenvalue weighted by Gasteiger charge is -2.26. The number of hydrogen-bond donors (Lipinski definition) is 2. The monoisotopic (exact) mass is 462 g/mol. The predicted molar refractivity (Wildman–Crippen MR) is 139 cm³/mol. The van der Waals surface area contributed by atoms with E-state index >= 15 is 0 Å². The fraction of sp³-hybridized carbons (Fsp3) is 0.172. The molecular formula is C29H26N4O2. The molecule has 3 heterocycles. The van der Waals surface area contributed by atoms with Gasteiger partial charge in [0.2, 0.25) is 0 Å². The van der Waals surface area contributed by atoms with Crippen molar-refractivity contribution < 1.29 is 9.84 Å². The third kappa shape index (κ3) is 4.54. The average Bonchev–Trinajstić information content (AvgIpc) is 3.44. The van der Waals surface area contributed by atoms with Crippen molar-refractivity contribution in [2.75, 3.05) is 26.3 Å². The van der Waals surface area contributed by atoms with Crippen molar-refractivity contribution in [1.29, 1.82) is 0 Å². The van der Waals surface area contributed by atoms with Crippen molar-refractivity contribution in [3.8, 4) is 5.88 Å². The Hall–Kier alpha value is -4.00. The second-order valence-electron chi connectivity index (χ2n) is 8.90. The van der Waals surface area contributed by atoms with Crippen molar-refractivity contribution in [2.45, 2.75) is 6.54 Å². The van der Waals surface area contributed by atoms with E-state index in [1.54, 1.807) is 0 Å². The van der Waals surface area contributed by atoms with Gasteiger partial charge in [-0.3, -0.25) is 4.90 Å². The van der Waals surface area contributed by atoms with E-state index in [-0.39, 0.29) is 5.88 Å². The Labute approximate surface area is 203 Å². The lowest BCUT2D eigenvalue weighted by molar-refractivity contribution is 0.0342. The van der Waals surface area contributed by atoms with Crippen LogP contribution >= 0.6 is 0 Å². The van der Waals surface area contributed by atoms with Crippen LogP contribution in [-0.4, -0.2) is 41.3 Å². The van der Waals surface area contributed by atoms with Crippen LogP contribution in [0.5, 0.6) is 5.88 Å². The summed E-state index contributed by atoms with van der Waals surface area (Å²) < 4.78 is 5.43. The third-order valence-corrected chi connectivity index (χ3v) is 6.52. The number of nitrogens with one attached hydrogen (secondary N) is 1. The van der Waals surface area contributed by atoms with Gasteiger partial charge in [-0.15, -0.1) is 10.2 Å². The van der Waals surface area contributed by atoms with Crippen LogP contribution in [0.2, 0.25) is 0 Å². The number of fused-ring (bicyclic) bond motifs is 2. The second kappa shape index (κ2) is 9.33. The standard InChI is InChI=1S/C29H26N4O2/c34-29-25(23-3-1-2-4-26(23)30-29)17-22-9-11-24-27(31-32-28(24)18-22)12-10-20-5-7-21(8-6-20)19-33-13-15-35-16-14-33/h1-12,17-18,30,34H,13-16,19H2. The first-order chi connectivity index (χ1) is 17.2. The van der Waals surface area contributed by atoms with E-state index in [1.165, 1.54) is 5.56 Å². The van der Waals surface area contributed by atoms with E-state index in [1.807, 2.05) is 54.6 Å². The molecular weight excluding hydrogens is 436 g/mol. The van der Waals surface area contributed by atoms with Crippen molar-refractivity contribution in [3.63, 3.8) is 0 Å². The molecule has 2 aliphatic heterocycles. The zero-order chi connectivity index (χ0) is 23.6. The van der Waals surface area contributed by atoms with Crippen molar-refractivity contribution >= 4 is 34.4 Å². The Balaban J connectivity index is 1.22. The Kier molecular flexibility index (Phi) is 5.74. The first kappa shape index (κ1) is 21.5. The molecule has 6 heteroatoms. The van der Waals surface area contributed by atoms with Crippen LogP contribution in [0, 0.1) is 0 Å². The molecule has 6 rings (SSSR count). The van der Waals surface area contributed by atoms with Gasteiger partial charge in [-0.1, -0.05) is 54.6 Å².